The molecule has 2 rings (SSSR count). The number of hydrogen-bond donors (Lipinski definition) is 1. The van der Waals surface area contributed by atoms with Gasteiger partial charge in [-0.25, -0.2) is 0 Å². The van der Waals surface area contributed by atoms with E-state index in [1.54, 1.807) is 12.1 Å². The van der Waals surface area contributed by atoms with Gasteiger partial charge in [0.2, 0.25) is 5.91 Å². The number of rotatable bonds is 4. The molecule has 0 aromatic heterocycles. The monoisotopic (exact) mass is 248 g/mol. The minimum atomic E-state index is -0.475. The van der Waals surface area contributed by atoms with Gasteiger partial charge in [-0.2, -0.15) is 0 Å². The lowest BCUT2D eigenvalue weighted by Gasteiger charge is -2.22. The summed E-state index contributed by atoms with van der Waals surface area (Å²) in [6, 6.07) is 8.63. The van der Waals surface area contributed by atoms with Crippen molar-refractivity contribution in [1.82, 2.24) is 4.90 Å². The van der Waals surface area contributed by atoms with E-state index >= 15 is 0 Å². The summed E-state index contributed by atoms with van der Waals surface area (Å²) in [6.07, 6.45) is 1.46. The van der Waals surface area contributed by atoms with E-state index in [0.717, 1.165) is 6.42 Å². The number of nitrogens with two attached hydrogens (primary N) is 1. The molecule has 1 aromatic carbocycles. The predicted molar refractivity (Wildman–Crippen MR) is 65.9 cm³/mol. The average molecular weight is 248 g/mol. The van der Waals surface area contributed by atoms with Crippen LogP contribution in [0, 0.1) is 0 Å². The third kappa shape index (κ3) is 2.80. The van der Waals surface area contributed by atoms with Crippen molar-refractivity contribution in [3.63, 3.8) is 0 Å². The highest BCUT2D eigenvalue weighted by molar-refractivity contribution is 5.87. The molecule has 5 nitrogen and oxygen atoms in total. The lowest BCUT2D eigenvalue weighted by atomic mass is 10.2. The zero-order valence-corrected chi connectivity index (χ0v) is 10.0. The molecule has 0 spiro atoms. The van der Waals surface area contributed by atoms with Crippen LogP contribution in [0.5, 0.6) is 5.75 Å². The largest absolute Gasteiger partial charge is 0.484 e. The first kappa shape index (κ1) is 12.4. The number of primary amides is 1. The maximum Gasteiger partial charge on any atom is 0.261 e. The molecule has 1 atom stereocenters. The van der Waals surface area contributed by atoms with E-state index in [-0.39, 0.29) is 12.5 Å². The van der Waals surface area contributed by atoms with Crippen LogP contribution in [0.3, 0.4) is 0 Å². The van der Waals surface area contributed by atoms with Gasteiger partial charge < -0.3 is 15.4 Å². The van der Waals surface area contributed by atoms with Crippen molar-refractivity contribution in [3.05, 3.63) is 30.3 Å². The maximum atomic E-state index is 11.9. The van der Waals surface area contributed by atoms with E-state index < -0.39 is 11.9 Å². The van der Waals surface area contributed by atoms with E-state index in [9.17, 15) is 9.59 Å². The van der Waals surface area contributed by atoms with Gasteiger partial charge in [-0.05, 0) is 25.0 Å². The number of likely N-dealkylation sites (tertiary alicyclic amines) is 1. The second-order valence-electron chi connectivity index (χ2n) is 4.25. The topological polar surface area (TPSA) is 72.6 Å². The Morgan fingerprint density at radius 1 is 1.33 bits per heavy atom. The Morgan fingerprint density at radius 3 is 2.72 bits per heavy atom. The van der Waals surface area contributed by atoms with Gasteiger partial charge in [0.05, 0.1) is 0 Å². The summed E-state index contributed by atoms with van der Waals surface area (Å²) in [5.74, 6) is 0.00128. The highest BCUT2D eigenvalue weighted by Gasteiger charge is 2.32. The zero-order chi connectivity index (χ0) is 13.0. The summed E-state index contributed by atoms with van der Waals surface area (Å²) in [5, 5.41) is 0. The molecule has 1 aliphatic rings. The maximum absolute atomic E-state index is 11.9. The van der Waals surface area contributed by atoms with Gasteiger partial charge >= 0.3 is 0 Å². The van der Waals surface area contributed by atoms with Crippen molar-refractivity contribution in [2.45, 2.75) is 18.9 Å². The van der Waals surface area contributed by atoms with Crippen LogP contribution in [0.4, 0.5) is 0 Å². The molecule has 96 valence electrons. The van der Waals surface area contributed by atoms with Gasteiger partial charge in [-0.3, -0.25) is 9.59 Å². The number of para-hydroxylation sites is 1. The van der Waals surface area contributed by atoms with Crippen LogP contribution in [0.15, 0.2) is 30.3 Å². The molecule has 2 N–H and O–H groups in total. The molecule has 0 saturated carbocycles. The molecule has 0 radical (unpaired) electrons. The molecule has 2 amide bonds. The van der Waals surface area contributed by atoms with Crippen molar-refractivity contribution in [2.75, 3.05) is 13.2 Å². The highest BCUT2D eigenvalue weighted by atomic mass is 16.5. The fourth-order valence-corrected chi connectivity index (χ4v) is 2.11. The van der Waals surface area contributed by atoms with Crippen LogP contribution in [-0.2, 0) is 9.59 Å². The van der Waals surface area contributed by atoms with E-state index in [1.165, 1.54) is 4.90 Å². The summed E-state index contributed by atoms with van der Waals surface area (Å²) in [4.78, 5) is 24.6. The minimum Gasteiger partial charge on any atom is -0.484 e. The standard InChI is InChI=1S/C13H16N2O3/c14-13(17)11-7-4-8-15(11)12(16)9-18-10-5-2-1-3-6-10/h1-3,5-6,11H,4,7-9H2,(H2,14,17)/t11-/m0/s1. The summed E-state index contributed by atoms with van der Waals surface area (Å²) in [5.41, 5.74) is 5.26. The van der Waals surface area contributed by atoms with Crippen molar-refractivity contribution in [1.29, 1.82) is 0 Å². The van der Waals surface area contributed by atoms with Crippen molar-refractivity contribution < 1.29 is 14.3 Å². The zero-order valence-electron chi connectivity index (χ0n) is 10.0. The molecular weight excluding hydrogens is 232 g/mol. The van der Waals surface area contributed by atoms with Crippen LogP contribution in [0.2, 0.25) is 0 Å². The Morgan fingerprint density at radius 2 is 2.06 bits per heavy atom. The number of carbonyl (C=O) groups is 2. The van der Waals surface area contributed by atoms with Crippen LogP contribution < -0.4 is 10.5 Å². The molecule has 0 aliphatic carbocycles. The van der Waals surface area contributed by atoms with Crippen LogP contribution in [0.1, 0.15) is 12.8 Å². The molecule has 1 aliphatic heterocycles. The van der Waals surface area contributed by atoms with E-state index in [0.29, 0.717) is 18.7 Å². The Labute approximate surface area is 106 Å². The van der Waals surface area contributed by atoms with Gasteiger partial charge in [0.25, 0.3) is 5.91 Å². The number of nitrogens with zero attached hydrogens (tertiary/aromatic N) is 1. The first-order valence-corrected chi connectivity index (χ1v) is 5.95. The van der Waals surface area contributed by atoms with Gasteiger partial charge in [0.15, 0.2) is 6.61 Å². The van der Waals surface area contributed by atoms with E-state index in [4.69, 9.17) is 10.5 Å². The molecule has 1 fully saturated rings. The smallest absolute Gasteiger partial charge is 0.261 e. The van der Waals surface area contributed by atoms with Crippen LogP contribution in [-0.4, -0.2) is 35.9 Å². The SMILES string of the molecule is NC(=O)[C@@H]1CCCN1C(=O)COc1ccccc1. The highest BCUT2D eigenvalue weighted by Crippen LogP contribution is 2.17. The fourth-order valence-electron chi connectivity index (χ4n) is 2.11. The fraction of sp³-hybridized carbons (Fsp3) is 0.385. The third-order valence-electron chi connectivity index (χ3n) is 3.01. The molecule has 0 bridgehead atoms. The van der Waals surface area contributed by atoms with E-state index in [1.807, 2.05) is 18.2 Å². The van der Waals surface area contributed by atoms with E-state index in [2.05, 4.69) is 0 Å². The Balaban J connectivity index is 1.90. The van der Waals surface area contributed by atoms with Gasteiger partial charge in [0, 0.05) is 6.54 Å². The van der Waals surface area contributed by atoms with Gasteiger partial charge in [-0.1, -0.05) is 18.2 Å². The number of ether oxygens (including phenoxy) is 1. The molecular formula is C13H16N2O3. The molecule has 0 unspecified atom stereocenters. The number of carbonyl (C=O) groups excluding carboxylic acids is 2. The van der Waals surface area contributed by atoms with Gasteiger partial charge in [-0.15, -0.1) is 0 Å². The average Bonchev–Trinajstić information content (AvgIpc) is 2.86. The van der Waals surface area contributed by atoms with Crippen LogP contribution in [0.25, 0.3) is 0 Å². The minimum absolute atomic E-state index is 0.0617. The first-order valence-electron chi connectivity index (χ1n) is 5.95. The summed E-state index contributed by atoms with van der Waals surface area (Å²) < 4.78 is 5.36. The number of benzene rings is 1. The molecule has 5 heteroatoms. The predicted octanol–water partition coefficient (Wildman–Crippen LogP) is 0.542. The Hall–Kier alpha value is -2.04. The number of hydrogen-bond acceptors (Lipinski definition) is 3. The second kappa shape index (κ2) is 5.53. The lowest BCUT2D eigenvalue weighted by molar-refractivity contribution is -0.138. The third-order valence-corrected chi connectivity index (χ3v) is 3.01. The van der Waals surface area contributed by atoms with Crippen molar-refractivity contribution in [2.24, 2.45) is 5.73 Å². The molecule has 1 saturated heterocycles. The Kier molecular flexibility index (Phi) is 3.82. The van der Waals surface area contributed by atoms with Crippen LogP contribution >= 0.6 is 0 Å². The second-order valence-corrected chi connectivity index (χ2v) is 4.25. The summed E-state index contributed by atoms with van der Waals surface area (Å²) in [6.45, 7) is 0.512. The van der Waals surface area contributed by atoms with Crippen molar-refractivity contribution in [3.8, 4) is 5.75 Å². The normalized spacial score (nSPS) is 18.7. The summed E-state index contributed by atoms with van der Waals surface area (Å²) >= 11 is 0. The molecule has 18 heavy (non-hydrogen) atoms. The first-order chi connectivity index (χ1) is 8.68. The number of amides is 2. The van der Waals surface area contributed by atoms with Gasteiger partial charge in [0.1, 0.15) is 11.8 Å². The Bertz CT molecular complexity index is 433. The quantitative estimate of drug-likeness (QED) is 0.845. The molecule has 1 heterocycles. The lowest BCUT2D eigenvalue weighted by Crippen LogP contribution is -2.45. The van der Waals surface area contributed by atoms with Crippen molar-refractivity contribution >= 4 is 11.8 Å². The summed E-state index contributed by atoms with van der Waals surface area (Å²) in [7, 11) is 0. The molecule has 1 aromatic rings.